The fourth-order valence-electron chi connectivity index (χ4n) is 3.22. The van der Waals surface area contributed by atoms with Crippen LogP contribution >= 0.6 is 11.6 Å². The first kappa shape index (κ1) is 19.2. The molecule has 4 aromatic rings. The Hall–Kier alpha value is -3.18. The Bertz CT molecular complexity index is 1070. The average molecular weight is 404 g/mol. The van der Waals surface area contributed by atoms with Gasteiger partial charge in [-0.05, 0) is 59.5 Å². The molecular formula is C23H19BClNO3. The van der Waals surface area contributed by atoms with E-state index in [0.717, 1.165) is 33.3 Å². The van der Waals surface area contributed by atoms with E-state index in [1.807, 2.05) is 72.8 Å². The lowest BCUT2D eigenvalue weighted by molar-refractivity contribution is 0.415. The minimum absolute atomic E-state index is 0.335. The van der Waals surface area contributed by atoms with Crippen LogP contribution in [-0.4, -0.2) is 26.1 Å². The van der Waals surface area contributed by atoms with Crippen LogP contribution in [0.2, 0.25) is 5.02 Å². The molecule has 1 aromatic heterocycles. The number of halogens is 1. The van der Waals surface area contributed by atoms with Gasteiger partial charge in [0, 0.05) is 11.6 Å². The van der Waals surface area contributed by atoms with Crippen molar-refractivity contribution in [3.05, 3.63) is 84.0 Å². The van der Waals surface area contributed by atoms with Gasteiger partial charge in [0.15, 0.2) is 0 Å². The highest BCUT2D eigenvalue weighted by Gasteiger charge is 2.25. The van der Waals surface area contributed by atoms with Gasteiger partial charge in [0.1, 0.15) is 22.8 Å². The number of aromatic nitrogens is 1. The van der Waals surface area contributed by atoms with E-state index in [4.69, 9.17) is 25.7 Å². The molecule has 0 aliphatic rings. The fourth-order valence-corrected chi connectivity index (χ4v) is 3.44. The highest BCUT2D eigenvalue weighted by Crippen LogP contribution is 2.30. The summed E-state index contributed by atoms with van der Waals surface area (Å²) in [6.07, 6.45) is 1.74. The molecule has 0 bridgehead atoms. The third-order valence-electron chi connectivity index (χ3n) is 4.76. The maximum atomic E-state index is 6.50. The SMILES string of the molecule is COc1ccc(B(Oc2ccc(Cl)c3cccnc23)c2ccc(OC)cc2)cc1. The van der Waals surface area contributed by atoms with Gasteiger partial charge in [-0.1, -0.05) is 35.9 Å². The highest BCUT2D eigenvalue weighted by molar-refractivity contribution is 6.80. The van der Waals surface area contributed by atoms with Crippen molar-refractivity contribution < 1.29 is 14.1 Å². The van der Waals surface area contributed by atoms with Gasteiger partial charge in [-0.2, -0.15) is 0 Å². The van der Waals surface area contributed by atoms with Crippen LogP contribution in [0.15, 0.2) is 79.0 Å². The van der Waals surface area contributed by atoms with Gasteiger partial charge in [-0.3, -0.25) is 4.98 Å². The smallest absolute Gasteiger partial charge is 0.426 e. The molecule has 4 nitrogen and oxygen atoms in total. The quantitative estimate of drug-likeness (QED) is 0.455. The van der Waals surface area contributed by atoms with Crippen molar-refractivity contribution in [1.82, 2.24) is 4.98 Å². The molecule has 0 saturated carbocycles. The predicted molar refractivity (Wildman–Crippen MR) is 118 cm³/mol. The van der Waals surface area contributed by atoms with Crippen LogP contribution < -0.4 is 25.1 Å². The number of methoxy groups -OCH3 is 2. The van der Waals surface area contributed by atoms with Crippen molar-refractivity contribution >= 4 is 40.3 Å². The molecule has 0 spiro atoms. The summed E-state index contributed by atoms with van der Waals surface area (Å²) in [7, 11) is 3.30. The van der Waals surface area contributed by atoms with E-state index in [9.17, 15) is 0 Å². The molecular weight excluding hydrogens is 385 g/mol. The van der Waals surface area contributed by atoms with Crippen LogP contribution in [0.3, 0.4) is 0 Å². The molecule has 0 aliphatic heterocycles. The van der Waals surface area contributed by atoms with Crippen LogP contribution in [0.5, 0.6) is 17.2 Å². The molecule has 4 rings (SSSR count). The topological polar surface area (TPSA) is 40.6 Å². The van der Waals surface area contributed by atoms with Gasteiger partial charge in [0.2, 0.25) is 0 Å². The molecule has 0 aliphatic carbocycles. The molecule has 0 fully saturated rings. The molecule has 3 aromatic carbocycles. The van der Waals surface area contributed by atoms with Crippen LogP contribution in [0.25, 0.3) is 10.9 Å². The highest BCUT2D eigenvalue weighted by atomic mass is 35.5. The molecule has 0 N–H and O–H groups in total. The molecule has 0 radical (unpaired) electrons. The van der Waals surface area contributed by atoms with E-state index < -0.39 is 0 Å². The number of rotatable bonds is 6. The summed E-state index contributed by atoms with van der Waals surface area (Å²) in [4.78, 5) is 4.49. The molecule has 6 heteroatoms. The molecule has 0 amide bonds. The molecule has 0 unspecified atom stereocenters. The van der Waals surface area contributed by atoms with E-state index in [1.54, 1.807) is 20.4 Å². The molecule has 0 atom stereocenters. The predicted octanol–water partition coefficient (Wildman–Crippen LogP) is 4.09. The van der Waals surface area contributed by atoms with Crippen molar-refractivity contribution in [2.24, 2.45) is 0 Å². The minimum atomic E-state index is -0.335. The van der Waals surface area contributed by atoms with Crippen molar-refractivity contribution in [2.45, 2.75) is 0 Å². The summed E-state index contributed by atoms with van der Waals surface area (Å²) in [5, 5.41) is 1.50. The monoisotopic (exact) mass is 403 g/mol. The maximum Gasteiger partial charge on any atom is 0.426 e. The second kappa shape index (κ2) is 8.45. The Morgan fingerprint density at radius 3 is 1.90 bits per heavy atom. The lowest BCUT2D eigenvalue weighted by Gasteiger charge is -2.18. The summed E-state index contributed by atoms with van der Waals surface area (Å²) in [6.45, 7) is -0.335. The van der Waals surface area contributed by atoms with Gasteiger partial charge in [-0.15, -0.1) is 0 Å². The Morgan fingerprint density at radius 1 is 0.759 bits per heavy atom. The first-order valence-corrected chi connectivity index (χ1v) is 9.55. The van der Waals surface area contributed by atoms with Gasteiger partial charge in [0.05, 0.1) is 19.2 Å². The number of hydrogen-bond donors (Lipinski definition) is 0. The first-order chi connectivity index (χ1) is 14.2. The molecule has 1 heterocycles. The third kappa shape index (κ3) is 4.01. The Balaban J connectivity index is 1.78. The zero-order chi connectivity index (χ0) is 20.2. The fraction of sp³-hybridized carbons (Fsp3) is 0.0870. The first-order valence-electron chi connectivity index (χ1n) is 9.17. The zero-order valence-corrected chi connectivity index (χ0v) is 16.9. The standard InChI is InChI=1S/C23H19BClNO3/c1-27-18-9-5-16(6-10-18)24(17-7-11-19(28-2)12-8-17)29-22-14-13-21(25)20-4-3-15-26-23(20)22/h3-15H,1-2H3. The lowest BCUT2D eigenvalue weighted by atomic mass is 9.55. The normalized spacial score (nSPS) is 10.6. The second-order valence-corrected chi connectivity index (χ2v) is 6.90. The third-order valence-corrected chi connectivity index (χ3v) is 5.09. The van der Waals surface area contributed by atoms with E-state index in [-0.39, 0.29) is 6.92 Å². The van der Waals surface area contributed by atoms with Crippen molar-refractivity contribution in [1.29, 1.82) is 0 Å². The summed E-state index contributed by atoms with van der Waals surface area (Å²) in [5.41, 5.74) is 2.72. The van der Waals surface area contributed by atoms with Crippen LogP contribution in [-0.2, 0) is 0 Å². The average Bonchev–Trinajstić information content (AvgIpc) is 2.79. The van der Waals surface area contributed by atoms with Crippen molar-refractivity contribution in [3.8, 4) is 17.2 Å². The molecule has 29 heavy (non-hydrogen) atoms. The Labute approximate surface area is 175 Å². The van der Waals surface area contributed by atoms with Gasteiger partial charge >= 0.3 is 6.92 Å². The zero-order valence-electron chi connectivity index (χ0n) is 16.1. The number of fused-ring (bicyclic) bond motifs is 1. The molecule has 144 valence electrons. The van der Waals surface area contributed by atoms with E-state index in [0.29, 0.717) is 10.8 Å². The lowest BCUT2D eigenvalue weighted by Crippen LogP contribution is -2.47. The largest absolute Gasteiger partial charge is 0.550 e. The van der Waals surface area contributed by atoms with E-state index in [1.165, 1.54) is 0 Å². The number of nitrogens with zero attached hydrogens (tertiary/aromatic N) is 1. The summed E-state index contributed by atoms with van der Waals surface area (Å²) in [5.74, 6) is 2.25. The summed E-state index contributed by atoms with van der Waals surface area (Å²) in [6, 6.07) is 23.2. The summed E-state index contributed by atoms with van der Waals surface area (Å²) < 4.78 is 17.1. The number of benzene rings is 3. The van der Waals surface area contributed by atoms with Crippen LogP contribution in [0.1, 0.15) is 0 Å². The van der Waals surface area contributed by atoms with E-state index >= 15 is 0 Å². The molecule has 0 saturated heterocycles. The van der Waals surface area contributed by atoms with Crippen LogP contribution in [0, 0.1) is 0 Å². The number of pyridine rings is 1. The Morgan fingerprint density at radius 2 is 1.34 bits per heavy atom. The van der Waals surface area contributed by atoms with Gasteiger partial charge in [0.25, 0.3) is 0 Å². The second-order valence-electron chi connectivity index (χ2n) is 6.49. The van der Waals surface area contributed by atoms with Gasteiger partial charge in [-0.25, -0.2) is 0 Å². The number of ether oxygens (including phenoxy) is 2. The van der Waals surface area contributed by atoms with Gasteiger partial charge < -0.3 is 14.1 Å². The maximum absolute atomic E-state index is 6.50. The number of hydrogen-bond acceptors (Lipinski definition) is 4. The van der Waals surface area contributed by atoms with Crippen molar-refractivity contribution in [2.75, 3.05) is 14.2 Å². The van der Waals surface area contributed by atoms with Crippen LogP contribution in [0.4, 0.5) is 0 Å². The van der Waals surface area contributed by atoms with E-state index in [2.05, 4.69) is 4.98 Å². The Kier molecular flexibility index (Phi) is 5.58. The summed E-state index contributed by atoms with van der Waals surface area (Å²) >= 11 is 6.34. The minimum Gasteiger partial charge on any atom is -0.550 e. The van der Waals surface area contributed by atoms with Crippen molar-refractivity contribution in [3.63, 3.8) is 0 Å².